The smallest absolute Gasteiger partial charge is 0.319 e. The van der Waals surface area contributed by atoms with Gasteiger partial charge >= 0.3 is 6.03 Å². The van der Waals surface area contributed by atoms with Crippen LogP contribution in [-0.2, 0) is 0 Å². The lowest BCUT2D eigenvalue weighted by molar-refractivity contribution is 0.1000. The normalized spacial score (nSPS) is 20.9. The Balaban J connectivity index is 1.96. The minimum atomic E-state index is -0.384. The molecule has 1 fully saturated rings. The van der Waals surface area contributed by atoms with Crippen LogP contribution in [0.5, 0.6) is 0 Å². The number of carbonyl (C=O) groups excluding carboxylic acids is 2. The van der Waals surface area contributed by atoms with E-state index in [-0.39, 0.29) is 17.9 Å². The molecule has 0 atom stereocenters. The summed E-state index contributed by atoms with van der Waals surface area (Å²) in [5.74, 6) is -0.158. The zero-order valence-corrected chi connectivity index (χ0v) is 16.2. The van der Waals surface area contributed by atoms with Crippen LogP contribution in [0.25, 0.3) is 5.57 Å². The number of hydrogen-bond acceptors (Lipinski definition) is 2. The van der Waals surface area contributed by atoms with Crippen molar-refractivity contribution in [2.45, 2.75) is 39.0 Å². The summed E-state index contributed by atoms with van der Waals surface area (Å²) in [6, 6.07) is 6.00. The molecule has 0 radical (unpaired) electrons. The van der Waals surface area contributed by atoms with E-state index >= 15 is 0 Å². The molecule has 26 heavy (non-hydrogen) atoms. The highest BCUT2D eigenvalue weighted by molar-refractivity contribution is 5.98. The molecule has 5 nitrogen and oxygen atoms in total. The lowest BCUT2D eigenvalue weighted by Crippen LogP contribution is -2.48. The summed E-state index contributed by atoms with van der Waals surface area (Å²) in [5, 5.41) is 0. The highest BCUT2D eigenvalue weighted by Gasteiger charge is 2.29. The van der Waals surface area contributed by atoms with Crippen molar-refractivity contribution < 1.29 is 9.59 Å². The average molecular weight is 355 g/mol. The van der Waals surface area contributed by atoms with Crippen LogP contribution >= 0.6 is 0 Å². The minimum absolute atomic E-state index is 0.0486. The van der Waals surface area contributed by atoms with Crippen molar-refractivity contribution in [1.29, 1.82) is 0 Å². The van der Waals surface area contributed by atoms with Crippen LogP contribution in [0, 0.1) is 5.41 Å². The Labute approximate surface area is 155 Å². The van der Waals surface area contributed by atoms with Crippen molar-refractivity contribution in [2.24, 2.45) is 11.1 Å². The molecule has 1 aromatic carbocycles. The Morgan fingerprint density at radius 1 is 1.19 bits per heavy atom. The predicted molar refractivity (Wildman–Crippen MR) is 104 cm³/mol. The number of amides is 3. The first-order valence-corrected chi connectivity index (χ1v) is 9.27. The Morgan fingerprint density at radius 2 is 1.85 bits per heavy atom. The number of urea groups is 1. The lowest BCUT2D eigenvalue weighted by atomic mass is 9.76. The molecule has 1 saturated heterocycles. The van der Waals surface area contributed by atoms with Crippen LogP contribution in [0.15, 0.2) is 24.3 Å². The maximum absolute atomic E-state index is 12.0. The molecule has 0 aromatic heterocycles. The van der Waals surface area contributed by atoms with Gasteiger partial charge in [-0.05, 0) is 47.4 Å². The van der Waals surface area contributed by atoms with Crippen molar-refractivity contribution in [1.82, 2.24) is 9.80 Å². The maximum atomic E-state index is 12.0. The number of nitrogens with zero attached hydrogens (tertiary/aromatic N) is 2. The van der Waals surface area contributed by atoms with Gasteiger partial charge in [0.2, 0.25) is 5.91 Å². The second-order valence-electron chi connectivity index (χ2n) is 8.51. The number of likely N-dealkylation sites (N-methyl/N-ethyl adjacent to an activating group) is 2. The van der Waals surface area contributed by atoms with E-state index in [1.165, 1.54) is 5.57 Å². The number of carbonyl (C=O) groups is 2. The zero-order chi connectivity index (χ0) is 19.1. The van der Waals surface area contributed by atoms with Gasteiger partial charge in [-0.3, -0.25) is 4.79 Å². The van der Waals surface area contributed by atoms with Crippen molar-refractivity contribution in [2.75, 3.05) is 27.2 Å². The van der Waals surface area contributed by atoms with Crippen LogP contribution in [0.4, 0.5) is 4.79 Å². The van der Waals surface area contributed by atoms with Gasteiger partial charge < -0.3 is 15.5 Å². The Bertz CT molecular complexity index is 753. The van der Waals surface area contributed by atoms with Crippen LogP contribution in [0.2, 0.25) is 0 Å². The molecular weight excluding hydrogens is 326 g/mol. The SMILES string of the molecule is CN1CC(c2ccc(C(N)=O)c(C3=CCC(C)(C)CC3)c2)CN(C)C1=O. The average Bonchev–Trinajstić information content (AvgIpc) is 2.58. The van der Waals surface area contributed by atoms with Crippen molar-refractivity contribution >= 4 is 17.5 Å². The van der Waals surface area contributed by atoms with E-state index in [2.05, 4.69) is 26.0 Å². The molecular formula is C21H29N3O2. The van der Waals surface area contributed by atoms with E-state index in [0.29, 0.717) is 24.1 Å². The van der Waals surface area contributed by atoms with Crippen LogP contribution in [0.3, 0.4) is 0 Å². The fraction of sp³-hybridized carbons (Fsp3) is 0.524. The number of rotatable bonds is 3. The number of nitrogens with two attached hydrogens (primary N) is 1. The monoisotopic (exact) mass is 355 g/mol. The van der Waals surface area contributed by atoms with Gasteiger partial charge in [-0.2, -0.15) is 0 Å². The topological polar surface area (TPSA) is 66.6 Å². The summed E-state index contributed by atoms with van der Waals surface area (Å²) in [6.45, 7) is 5.92. The highest BCUT2D eigenvalue weighted by atomic mass is 16.2. The molecule has 3 rings (SSSR count). The van der Waals surface area contributed by atoms with Crippen molar-refractivity contribution in [3.63, 3.8) is 0 Å². The van der Waals surface area contributed by atoms with Crippen LogP contribution in [0.1, 0.15) is 60.5 Å². The third-order valence-corrected chi connectivity index (χ3v) is 5.74. The van der Waals surface area contributed by atoms with Gasteiger partial charge in [0.1, 0.15) is 0 Å². The molecule has 3 amide bonds. The number of primary amides is 1. The molecule has 140 valence electrons. The molecule has 0 spiro atoms. The molecule has 1 heterocycles. The van der Waals surface area contributed by atoms with Crippen LogP contribution in [-0.4, -0.2) is 48.9 Å². The van der Waals surface area contributed by atoms with Crippen molar-refractivity contribution in [3.05, 3.63) is 41.0 Å². The molecule has 5 heteroatoms. The summed E-state index contributed by atoms with van der Waals surface area (Å²) >= 11 is 0. The summed E-state index contributed by atoms with van der Waals surface area (Å²) in [6.07, 6.45) is 5.33. The molecule has 1 aliphatic heterocycles. The third kappa shape index (κ3) is 3.62. The van der Waals surface area contributed by atoms with E-state index in [0.717, 1.165) is 30.4 Å². The highest BCUT2D eigenvalue weighted by Crippen LogP contribution is 2.39. The first kappa shape index (κ1) is 18.5. The van der Waals surface area contributed by atoms with E-state index in [9.17, 15) is 9.59 Å². The summed E-state index contributed by atoms with van der Waals surface area (Å²) in [5.41, 5.74) is 9.87. The van der Waals surface area contributed by atoms with Gasteiger partial charge in [-0.25, -0.2) is 4.79 Å². The van der Waals surface area contributed by atoms with Gasteiger partial charge in [0.15, 0.2) is 0 Å². The number of allylic oxidation sites excluding steroid dienone is 2. The lowest BCUT2D eigenvalue weighted by Gasteiger charge is -2.37. The fourth-order valence-electron chi connectivity index (χ4n) is 3.99. The molecule has 2 N–H and O–H groups in total. The van der Waals surface area contributed by atoms with Gasteiger partial charge in [0.05, 0.1) is 0 Å². The quantitative estimate of drug-likeness (QED) is 0.902. The van der Waals surface area contributed by atoms with Crippen LogP contribution < -0.4 is 5.73 Å². The first-order valence-electron chi connectivity index (χ1n) is 9.27. The Kier molecular flexibility index (Phi) is 4.82. The van der Waals surface area contributed by atoms with Gasteiger partial charge in [0.25, 0.3) is 0 Å². The van der Waals surface area contributed by atoms with E-state index < -0.39 is 0 Å². The predicted octanol–water partition coefficient (Wildman–Crippen LogP) is 3.46. The second kappa shape index (κ2) is 6.78. The molecule has 0 bridgehead atoms. The fourth-order valence-corrected chi connectivity index (χ4v) is 3.99. The standard InChI is InChI=1S/C21H29N3O2/c1-21(2)9-7-14(8-10-21)18-11-15(5-6-17(18)19(22)25)16-12-23(3)20(26)24(4)13-16/h5-7,11,16H,8-10,12-13H2,1-4H3,(H2,22,25). The molecule has 1 aliphatic carbocycles. The largest absolute Gasteiger partial charge is 0.366 e. The molecule has 0 unspecified atom stereocenters. The first-order chi connectivity index (χ1) is 12.2. The maximum Gasteiger partial charge on any atom is 0.319 e. The van der Waals surface area contributed by atoms with Crippen molar-refractivity contribution in [3.8, 4) is 0 Å². The second-order valence-corrected chi connectivity index (χ2v) is 8.51. The number of benzene rings is 1. The molecule has 2 aliphatic rings. The zero-order valence-electron chi connectivity index (χ0n) is 16.2. The van der Waals surface area contributed by atoms with Gasteiger partial charge in [-0.15, -0.1) is 0 Å². The molecule has 0 saturated carbocycles. The Morgan fingerprint density at radius 3 is 2.38 bits per heavy atom. The van der Waals surface area contributed by atoms with Gasteiger partial charge in [-0.1, -0.05) is 32.1 Å². The Hall–Kier alpha value is -2.30. The van der Waals surface area contributed by atoms with E-state index in [1.54, 1.807) is 9.80 Å². The number of hydrogen-bond donors (Lipinski definition) is 1. The van der Waals surface area contributed by atoms with E-state index in [4.69, 9.17) is 5.73 Å². The summed E-state index contributed by atoms with van der Waals surface area (Å²) < 4.78 is 0. The summed E-state index contributed by atoms with van der Waals surface area (Å²) in [7, 11) is 3.66. The minimum Gasteiger partial charge on any atom is -0.366 e. The third-order valence-electron chi connectivity index (χ3n) is 5.74. The molecule has 1 aromatic rings. The van der Waals surface area contributed by atoms with E-state index in [1.807, 2.05) is 26.2 Å². The summed E-state index contributed by atoms with van der Waals surface area (Å²) in [4.78, 5) is 27.5. The van der Waals surface area contributed by atoms with Gasteiger partial charge in [0, 0.05) is 38.7 Å².